The predicted molar refractivity (Wildman–Crippen MR) is 200 cm³/mol. The van der Waals surface area contributed by atoms with Crippen LogP contribution < -0.4 is 16.1 Å². The van der Waals surface area contributed by atoms with Gasteiger partial charge in [0, 0.05) is 0 Å². The molecule has 2 saturated heterocycles. The summed E-state index contributed by atoms with van der Waals surface area (Å²) in [6, 6.07) is 9.05. The van der Waals surface area contributed by atoms with Crippen LogP contribution in [0, 0.1) is 5.41 Å². The lowest BCUT2D eigenvalue weighted by Gasteiger charge is -2.35. The van der Waals surface area contributed by atoms with E-state index in [0.29, 0.717) is 11.0 Å². The van der Waals surface area contributed by atoms with Crippen molar-refractivity contribution in [1.29, 1.82) is 0 Å². The summed E-state index contributed by atoms with van der Waals surface area (Å²) in [4.78, 5) is 48.7. The highest BCUT2D eigenvalue weighted by atomic mass is 35.5. The number of alkyl halides is 5. The number of hydrogen-bond donors (Lipinski definition) is 3. The Morgan fingerprint density at radius 1 is 1.07 bits per heavy atom. The average Bonchev–Trinajstić information content (AvgIpc) is 3.55. The van der Waals surface area contributed by atoms with Gasteiger partial charge in [0.05, 0.1) is 28.0 Å². The second-order valence-corrected chi connectivity index (χ2v) is 17.1. The number of nitrogens with zero attached hydrogens (tertiary/aromatic N) is 5. The molecule has 3 heterocycles. The lowest BCUT2D eigenvalue weighted by molar-refractivity contribution is -0.164. The summed E-state index contributed by atoms with van der Waals surface area (Å²) in [6.45, 7) is 12.3. The summed E-state index contributed by atoms with van der Waals surface area (Å²) >= 11 is 6.45. The number of benzene rings is 2. The molecular formula is C37H42BClF5N7O7. The fraction of sp³-hybridized carbons (Fsp3) is 0.514. The molecule has 6 rings (SSSR count). The van der Waals surface area contributed by atoms with E-state index in [0.717, 1.165) is 15.9 Å². The number of aliphatic imine (C=N–C) groups is 1. The Kier molecular flexibility index (Phi) is 10.9. The van der Waals surface area contributed by atoms with Gasteiger partial charge in [-0.3, -0.25) is 9.69 Å². The van der Waals surface area contributed by atoms with E-state index in [-0.39, 0.29) is 35.5 Å². The van der Waals surface area contributed by atoms with E-state index in [2.05, 4.69) is 20.4 Å². The summed E-state index contributed by atoms with van der Waals surface area (Å²) < 4.78 is 87.7. The number of carbonyl (C=O) groups excluding carboxylic acids is 2. The van der Waals surface area contributed by atoms with Gasteiger partial charge in [0.2, 0.25) is 5.96 Å². The second-order valence-electron chi connectivity index (χ2n) is 16.7. The average molecular weight is 838 g/mol. The topological polar surface area (TPSA) is 170 Å². The van der Waals surface area contributed by atoms with Crippen molar-refractivity contribution in [2.75, 3.05) is 6.61 Å². The van der Waals surface area contributed by atoms with Crippen LogP contribution in [0.2, 0.25) is 5.02 Å². The Morgan fingerprint density at radius 3 is 2.22 bits per heavy atom. The van der Waals surface area contributed by atoms with E-state index >= 15 is 4.79 Å². The van der Waals surface area contributed by atoms with Gasteiger partial charge in [0.25, 0.3) is 12.3 Å². The van der Waals surface area contributed by atoms with Gasteiger partial charge in [0.1, 0.15) is 24.0 Å². The minimum atomic E-state index is -4.78. The molecule has 2 aliphatic heterocycles. The molecule has 3 amide bonds. The number of carboxylic acid groups (broad SMARTS) is 1. The first-order valence-corrected chi connectivity index (χ1v) is 18.6. The van der Waals surface area contributed by atoms with Gasteiger partial charge >= 0.3 is 25.5 Å². The number of carbonyl (C=O) groups is 3. The number of hydrogen-bond acceptors (Lipinski definition) is 8. The van der Waals surface area contributed by atoms with Crippen molar-refractivity contribution in [2.45, 2.75) is 109 Å². The van der Waals surface area contributed by atoms with Crippen LogP contribution in [-0.2, 0) is 24.4 Å². The fourth-order valence-electron chi connectivity index (χ4n) is 6.98. The molecule has 1 saturated carbocycles. The molecule has 2 aromatic carbocycles. The zero-order valence-corrected chi connectivity index (χ0v) is 33.3. The number of aromatic nitrogens is 3. The molecular weight excluding hydrogens is 796 g/mol. The standard InChI is InChI=1S/C37H42BClF5N7O7/c1-32(2,3)18-36(21-9-11-22(12-10-21)38-57-33(4,5)34(6,7)58-38)28(52)50(29(48-36)47-30(53)54)25(17-56-31(55)49-35(14-15-35)37(42,43)44)20-8-13-23(39)24(16-20)51-27(26(40)41)45-19-46-51/h8-13,16,19,25-26H,14-15,17-18H2,1-7H3,(H,47,48)(H,49,55)(H,53,54)/t25?,36-/m1/s1. The molecule has 1 unspecified atom stereocenters. The van der Waals surface area contributed by atoms with Crippen LogP contribution in [0.4, 0.5) is 31.5 Å². The van der Waals surface area contributed by atoms with Crippen LogP contribution in [0.5, 0.6) is 0 Å². The SMILES string of the molecule is CC(C)(C)C[C@]1(c2ccc(B3OC(C)(C)C(C)(C)O3)cc2)NC(=NC(=O)O)N(C(COC(=O)NC2(C(F)(F)F)CC2)c2ccc(Cl)c(-n3ncnc3C(F)F)c2)C1=O. The number of amides is 3. The quantitative estimate of drug-likeness (QED) is 0.146. The molecule has 0 spiro atoms. The van der Waals surface area contributed by atoms with Gasteiger partial charge in [0.15, 0.2) is 5.82 Å². The van der Waals surface area contributed by atoms with Crippen molar-refractivity contribution in [3.05, 3.63) is 70.8 Å². The number of rotatable bonds is 10. The van der Waals surface area contributed by atoms with Gasteiger partial charge in [-0.2, -0.15) is 18.3 Å². The largest absolute Gasteiger partial charge is 0.494 e. The van der Waals surface area contributed by atoms with Gasteiger partial charge in [-0.05, 0) is 81.1 Å². The van der Waals surface area contributed by atoms with E-state index in [4.69, 9.17) is 25.6 Å². The summed E-state index contributed by atoms with van der Waals surface area (Å²) in [5.74, 6) is -2.07. The van der Waals surface area contributed by atoms with Crippen molar-refractivity contribution in [2.24, 2.45) is 10.4 Å². The number of alkyl carbamates (subject to hydrolysis) is 1. The maximum atomic E-state index is 15.2. The minimum absolute atomic E-state index is 0.0239. The van der Waals surface area contributed by atoms with Crippen molar-refractivity contribution in [3.8, 4) is 5.69 Å². The van der Waals surface area contributed by atoms with E-state index in [1.165, 1.54) is 18.2 Å². The first kappa shape index (κ1) is 42.8. The number of ether oxygens (including phenoxy) is 1. The van der Waals surface area contributed by atoms with Crippen LogP contribution in [0.15, 0.2) is 53.8 Å². The molecule has 3 N–H and O–H groups in total. The Hall–Kier alpha value is -4.82. The zero-order chi connectivity index (χ0) is 42.8. The van der Waals surface area contributed by atoms with Gasteiger partial charge in [-0.1, -0.05) is 62.7 Å². The molecule has 21 heteroatoms. The molecule has 58 heavy (non-hydrogen) atoms. The Labute approximate surface area is 335 Å². The van der Waals surface area contributed by atoms with Gasteiger partial charge < -0.3 is 29.8 Å². The first-order valence-electron chi connectivity index (χ1n) is 18.2. The molecule has 2 atom stereocenters. The van der Waals surface area contributed by atoms with Crippen molar-refractivity contribution in [3.63, 3.8) is 0 Å². The van der Waals surface area contributed by atoms with Crippen LogP contribution in [0.1, 0.15) is 97.1 Å². The third kappa shape index (κ3) is 8.10. The van der Waals surface area contributed by atoms with E-state index in [1.807, 2.05) is 53.8 Å². The molecule has 312 valence electrons. The summed E-state index contributed by atoms with van der Waals surface area (Å²) in [5, 5.41) is 18.6. The number of halogens is 6. The van der Waals surface area contributed by atoms with Crippen LogP contribution >= 0.6 is 11.6 Å². The predicted octanol–water partition coefficient (Wildman–Crippen LogP) is 6.82. The van der Waals surface area contributed by atoms with Crippen LogP contribution in [0.3, 0.4) is 0 Å². The molecule has 3 aliphatic rings. The maximum absolute atomic E-state index is 15.2. The first-order chi connectivity index (χ1) is 26.8. The molecule has 0 radical (unpaired) electrons. The van der Waals surface area contributed by atoms with Crippen molar-refractivity contribution < 1.29 is 55.5 Å². The van der Waals surface area contributed by atoms with E-state index in [1.54, 1.807) is 24.3 Å². The Balaban J connectivity index is 1.46. The van der Waals surface area contributed by atoms with Crippen LogP contribution in [-0.4, -0.2) is 85.5 Å². The monoisotopic (exact) mass is 837 g/mol. The second kappa shape index (κ2) is 14.8. The normalized spacial score (nSPS) is 22.3. The molecule has 0 bridgehead atoms. The highest BCUT2D eigenvalue weighted by molar-refractivity contribution is 6.62. The minimum Gasteiger partial charge on any atom is -0.463 e. The Morgan fingerprint density at radius 2 is 1.69 bits per heavy atom. The highest BCUT2D eigenvalue weighted by Crippen LogP contribution is 2.49. The van der Waals surface area contributed by atoms with Crippen molar-refractivity contribution >= 4 is 48.2 Å². The molecule has 1 aliphatic carbocycles. The lowest BCUT2D eigenvalue weighted by atomic mass is 9.73. The lowest BCUT2D eigenvalue weighted by Crippen LogP contribution is -2.49. The summed E-state index contributed by atoms with van der Waals surface area (Å²) in [5.41, 5.74) is -5.29. The zero-order valence-electron chi connectivity index (χ0n) is 32.6. The van der Waals surface area contributed by atoms with Crippen molar-refractivity contribution in [1.82, 2.24) is 30.3 Å². The fourth-order valence-corrected chi connectivity index (χ4v) is 7.18. The van der Waals surface area contributed by atoms with Crippen LogP contribution in [0.25, 0.3) is 5.69 Å². The number of guanidine groups is 1. The van der Waals surface area contributed by atoms with E-state index < -0.39 is 89.9 Å². The van der Waals surface area contributed by atoms with Gasteiger partial charge in [-0.25, -0.2) is 28.0 Å². The number of nitrogens with one attached hydrogen (secondary N) is 2. The smallest absolute Gasteiger partial charge is 0.463 e. The van der Waals surface area contributed by atoms with Gasteiger partial charge in [-0.15, -0.1) is 4.99 Å². The van der Waals surface area contributed by atoms with E-state index in [9.17, 15) is 36.6 Å². The maximum Gasteiger partial charge on any atom is 0.494 e. The molecule has 3 aromatic rings. The highest BCUT2D eigenvalue weighted by Gasteiger charge is 2.65. The third-order valence-corrected chi connectivity index (χ3v) is 11.1. The molecule has 1 aromatic heterocycles. The summed E-state index contributed by atoms with van der Waals surface area (Å²) in [6.07, 6.45) is -10.9. The molecule has 3 fully saturated rings. The third-order valence-electron chi connectivity index (χ3n) is 10.7. The Bertz CT molecular complexity index is 2110. The molecule has 14 nitrogen and oxygen atoms in total. The summed E-state index contributed by atoms with van der Waals surface area (Å²) in [7, 11) is -0.750.